The van der Waals surface area contributed by atoms with E-state index in [9.17, 15) is 0 Å². The molecule has 1 heterocycles. The van der Waals surface area contributed by atoms with E-state index in [1.54, 1.807) is 13.4 Å². The number of hydrogen-bond donors (Lipinski definition) is 1. The van der Waals surface area contributed by atoms with Crippen LogP contribution in [0.3, 0.4) is 0 Å². The quantitative estimate of drug-likeness (QED) is 0.699. The third kappa shape index (κ3) is 5.60. The molecule has 0 saturated heterocycles. The molecule has 0 aliphatic carbocycles. The number of hydrogen-bond acceptors (Lipinski definition) is 5. The molecule has 0 spiro atoms. The molecule has 5 heteroatoms. The van der Waals surface area contributed by atoms with Crippen molar-refractivity contribution < 1.29 is 9.47 Å². The summed E-state index contributed by atoms with van der Waals surface area (Å²) in [6, 6.07) is 1.97. The number of nitrogens with one attached hydrogen (secondary N) is 1. The number of aromatic nitrogens is 2. The van der Waals surface area contributed by atoms with E-state index in [-0.39, 0.29) is 0 Å². The van der Waals surface area contributed by atoms with Crippen molar-refractivity contribution in [2.45, 2.75) is 19.8 Å². The Hall–Kier alpha value is -1.20. The fraction of sp³-hybridized carbons (Fsp3) is 0.667. The highest BCUT2D eigenvalue weighted by atomic mass is 16.5. The molecule has 1 rings (SSSR count). The molecule has 0 saturated carbocycles. The maximum Gasteiger partial charge on any atom is 0.129 e. The Morgan fingerprint density at radius 1 is 1.24 bits per heavy atom. The van der Waals surface area contributed by atoms with E-state index < -0.39 is 0 Å². The molecule has 0 fully saturated rings. The van der Waals surface area contributed by atoms with Crippen molar-refractivity contribution in [3.63, 3.8) is 0 Å². The summed E-state index contributed by atoms with van der Waals surface area (Å²) in [5.74, 6) is 1.26. The number of rotatable bonds is 8. The van der Waals surface area contributed by atoms with Crippen LogP contribution in [0.4, 0.5) is 5.82 Å². The fourth-order valence-corrected chi connectivity index (χ4v) is 1.28. The van der Waals surface area contributed by atoms with Gasteiger partial charge in [-0.25, -0.2) is 9.97 Å². The first kappa shape index (κ1) is 13.9. The Bertz CT molecular complexity index is 318. The maximum absolute atomic E-state index is 5.34. The van der Waals surface area contributed by atoms with Gasteiger partial charge in [-0.05, 0) is 5.92 Å². The molecule has 0 radical (unpaired) electrons. The molecule has 0 amide bonds. The van der Waals surface area contributed by atoms with Crippen molar-refractivity contribution in [2.75, 3.05) is 38.8 Å². The van der Waals surface area contributed by atoms with Gasteiger partial charge in [0.05, 0.1) is 19.8 Å². The summed E-state index contributed by atoms with van der Waals surface area (Å²) in [4.78, 5) is 8.36. The molecular formula is C12H21N3O2. The molecule has 17 heavy (non-hydrogen) atoms. The van der Waals surface area contributed by atoms with Gasteiger partial charge in [-0.1, -0.05) is 13.8 Å². The van der Waals surface area contributed by atoms with E-state index in [1.165, 1.54) is 0 Å². The van der Waals surface area contributed by atoms with Crippen LogP contribution in [0.2, 0.25) is 0 Å². The Labute approximate surface area is 103 Å². The minimum atomic E-state index is 0.413. The van der Waals surface area contributed by atoms with Crippen LogP contribution in [0.5, 0.6) is 0 Å². The Balaban J connectivity index is 2.24. The first-order chi connectivity index (χ1) is 8.24. The molecule has 1 N–H and O–H groups in total. The van der Waals surface area contributed by atoms with Gasteiger partial charge in [-0.15, -0.1) is 0 Å². The smallest absolute Gasteiger partial charge is 0.129 e. The van der Waals surface area contributed by atoms with Gasteiger partial charge in [0.1, 0.15) is 12.1 Å². The first-order valence-corrected chi connectivity index (χ1v) is 5.86. The summed E-state index contributed by atoms with van der Waals surface area (Å²) < 4.78 is 10.2. The van der Waals surface area contributed by atoms with E-state index in [1.807, 2.05) is 6.07 Å². The lowest BCUT2D eigenvalue weighted by atomic mass is 10.1. The fourth-order valence-electron chi connectivity index (χ4n) is 1.28. The first-order valence-electron chi connectivity index (χ1n) is 5.86. The second-order valence-electron chi connectivity index (χ2n) is 4.01. The summed E-state index contributed by atoms with van der Waals surface area (Å²) in [6.45, 7) is 6.85. The van der Waals surface area contributed by atoms with Gasteiger partial charge in [0.25, 0.3) is 0 Å². The third-order valence-corrected chi connectivity index (χ3v) is 2.26. The van der Waals surface area contributed by atoms with Crippen LogP contribution in [0, 0.1) is 0 Å². The molecule has 0 aromatic carbocycles. The Kier molecular flexibility index (Phi) is 6.50. The van der Waals surface area contributed by atoms with Gasteiger partial charge in [-0.2, -0.15) is 0 Å². The predicted octanol–water partition coefficient (Wildman–Crippen LogP) is 1.67. The van der Waals surface area contributed by atoms with Gasteiger partial charge < -0.3 is 14.8 Å². The average molecular weight is 239 g/mol. The van der Waals surface area contributed by atoms with Crippen molar-refractivity contribution in [1.29, 1.82) is 0 Å². The number of anilines is 1. The van der Waals surface area contributed by atoms with Crippen molar-refractivity contribution in [3.8, 4) is 0 Å². The second-order valence-corrected chi connectivity index (χ2v) is 4.01. The van der Waals surface area contributed by atoms with Gasteiger partial charge in [0.2, 0.25) is 0 Å². The van der Waals surface area contributed by atoms with Crippen LogP contribution < -0.4 is 5.32 Å². The van der Waals surface area contributed by atoms with Crippen LogP contribution >= 0.6 is 0 Å². The molecule has 1 aromatic rings. The van der Waals surface area contributed by atoms with Gasteiger partial charge in [0, 0.05) is 25.4 Å². The average Bonchev–Trinajstić information content (AvgIpc) is 2.34. The zero-order valence-corrected chi connectivity index (χ0v) is 10.8. The lowest BCUT2D eigenvalue weighted by Crippen LogP contribution is -2.13. The topological polar surface area (TPSA) is 56.3 Å². The van der Waals surface area contributed by atoms with Crippen LogP contribution in [0.15, 0.2) is 12.4 Å². The summed E-state index contributed by atoms with van der Waals surface area (Å²) in [6.07, 6.45) is 1.59. The summed E-state index contributed by atoms with van der Waals surface area (Å²) >= 11 is 0. The van der Waals surface area contributed by atoms with Crippen molar-refractivity contribution in [3.05, 3.63) is 18.1 Å². The van der Waals surface area contributed by atoms with Crippen LogP contribution in [0.1, 0.15) is 25.5 Å². The zero-order chi connectivity index (χ0) is 12.5. The van der Waals surface area contributed by atoms with Crippen molar-refractivity contribution >= 4 is 5.82 Å². The molecule has 5 nitrogen and oxygen atoms in total. The predicted molar refractivity (Wildman–Crippen MR) is 67.3 cm³/mol. The largest absolute Gasteiger partial charge is 0.382 e. The minimum absolute atomic E-state index is 0.413. The monoisotopic (exact) mass is 239 g/mol. The standard InChI is InChI=1S/C12H21N3O2/c1-10(2)11-8-12(15-9-14-11)13-4-5-17-7-6-16-3/h8-10H,4-7H2,1-3H3,(H,13,14,15). The van der Waals surface area contributed by atoms with E-state index in [2.05, 4.69) is 29.1 Å². The molecule has 1 aromatic heterocycles. The van der Waals surface area contributed by atoms with Crippen LogP contribution in [-0.2, 0) is 9.47 Å². The highest BCUT2D eigenvalue weighted by Gasteiger charge is 2.02. The normalized spacial score (nSPS) is 10.8. The maximum atomic E-state index is 5.34. The lowest BCUT2D eigenvalue weighted by Gasteiger charge is -2.08. The number of methoxy groups -OCH3 is 1. The molecular weight excluding hydrogens is 218 g/mol. The van der Waals surface area contributed by atoms with Crippen LogP contribution in [0.25, 0.3) is 0 Å². The van der Waals surface area contributed by atoms with E-state index in [0.29, 0.717) is 25.7 Å². The molecule has 0 aliphatic heterocycles. The van der Waals surface area contributed by atoms with Gasteiger partial charge >= 0.3 is 0 Å². The number of nitrogens with zero attached hydrogens (tertiary/aromatic N) is 2. The number of ether oxygens (including phenoxy) is 2. The van der Waals surface area contributed by atoms with E-state index >= 15 is 0 Å². The van der Waals surface area contributed by atoms with Gasteiger partial charge in [-0.3, -0.25) is 0 Å². The van der Waals surface area contributed by atoms with Gasteiger partial charge in [0.15, 0.2) is 0 Å². The van der Waals surface area contributed by atoms with E-state index in [4.69, 9.17) is 9.47 Å². The highest BCUT2D eigenvalue weighted by Crippen LogP contribution is 2.13. The molecule has 0 unspecified atom stereocenters. The Morgan fingerprint density at radius 2 is 2.06 bits per heavy atom. The zero-order valence-electron chi connectivity index (χ0n) is 10.8. The summed E-state index contributed by atoms with van der Waals surface area (Å²) in [5, 5.41) is 3.20. The van der Waals surface area contributed by atoms with Crippen LogP contribution in [-0.4, -0.2) is 43.4 Å². The molecule has 0 aliphatic rings. The second kappa shape index (κ2) is 7.97. The van der Waals surface area contributed by atoms with Crippen molar-refractivity contribution in [1.82, 2.24) is 9.97 Å². The molecule has 0 atom stereocenters. The lowest BCUT2D eigenvalue weighted by molar-refractivity contribution is 0.0759. The molecule has 96 valence electrons. The summed E-state index contributed by atoms with van der Waals surface area (Å²) in [7, 11) is 1.66. The minimum Gasteiger partial charge on any atom is -0.382 e. The summed E-state index contributed by atoms with van der Waals surface area (Å²) in [5.41, 5.74) is 1.04. The SMILES string of the molecule is COCCOCCNc1cc(C(C)C)ncn1. The van der Waals surface area contributed by atoms with E-state index in [0.717, 1.165) is 18.1 Å². The van der Waals surface area contributed by atoms with Crippen molar-refractivity contribution in [2.24, 2.45) is 0 Å². The highest BCUT2D eigenvalue weighted by molar-refractivity contribution is 5.35. The molecule has 0 bridgehead atoms. The third-order valence-electron chi connectivity index (χ3n) is 2.26. The Morgan fingerprint density at radius 3 is 2.76 bits per heavy atom.